The monoisotopic (exact) mass is 316 g/mol. The molecule has 1 N–H and O–H groups in total. The zero-order valence-corrected chi connectivity index (χ0v) is 12.2. The van der Waals surface area contributed by atoms with Gasteiger partial charge in [0.1, 0.15) is 0 Å². The first-order chi connectivity index (χ1) is 9.87. The summed E-state index contributed by atoms with van der Waals surface area (Å²) in [6, 6.07) is 2.98. The molecule has 0 radical (unpaired) electrons. The topological polar surface area (TPSA) is 110 Å². The number of sulfonamides is 1. The lowest BCUT2D eigenvalue weighted by Gasteiger charge is -2.21. The highest BCUT2D eigenvalue weighted by Crippen LogP contribution is 2.34. The van der Waals surface area contributed by atoms with Gasteiger partial charge in [-0.05, 0) is 25.0 Å². The Morgan fingerprint density at radius 2 is 2.14 bits per heavy atom. The van der Waals surface area contributed by atoms with Crippen LogP contribution in [0, 0.1) is 10.1 Å². The van der Waals surface area contributed by atoms with Crippen molar-refractivity contribution < 1.29 is 23.2 Å². The van der Waals surface area contributed by atoms with E-state index in [1.54, 1.807) is 0 Å². The van der Waals surface area contributed by atoms with Crippen LogP contribution in [-0.2, 0) is 14.8 Å². The van der Waals surface area contributed by atoms with Gasteiger partial charge >= 0.3 is 5.69 Å². The van der Waals surface area contributed by atoms with E-state index < -0.39 is 26.4 Å². The summed E-state index contributed by atoms with van der Waals surface area (Å²) in [5, 5.41) is 20.2. The van der Waals surface area contributed by atoms with Crippen LogP contribution < -0.4 is 0 Å². The average Bonchev–Trinajstić information content (AvgIpc) is 3.23. The molecule has 1 aromatic carbocycles. The minimum atomic E-state index is -3.85. The van der Waals surface area contributed by atoms with Crippen molar-refractivity contribution in [3.8, 4) is 5.75 Å². The highest BCUT2D eigenvalue weighted by atomic mass is 32.2. The maximum absolute atomic E-state index is 12.6. The van der Waals surface area contributed by atoms with E-state index >= 15 is 0 Å². The van der Waals surface area contributed by atoms with Crippen LogP contribution in [0.2, 0.25) is 0 Å². The second-order valence-corrected chi connectivity index (χ2v) is 6.64. The lowest BCUT2D eigenvalue weighted by Crippen LogP contribution is -2.35. The Morgan fingerprint density at radius 1 is 1.48 bits per heavy atom. The van der Waals surface area contributed by atoms with Gasteiger partial charge in [0.15, 0.2) is 5.75 Å². The summed E-state index contributed by atoms with van der Waals surface area (Å²) in [7, 11) is -2.37. The number of rotatable bonds is 7. The Bertz CT molecular complexity index is 641. The summed E-state index contributed by atoms with van der Waals surface area (Å²) < 4.78 is 31.4. The van der Waals surface area contributed by atoms with Crippen LogP contribution in [0.1, 0.15) is 12.8 Å². The normalized spacial score (nSPS) is 15.3. The van der Waals surface area contributed by atoms with Crippen molar-refractivity contribution in [3.05, 3.63) is 28.3 Å². The molecule has 2 rings (SSSR count). The molecule has 1 aromatic rings. The van der Waals surface area contributed by atoms with Gasteiger partial charge in [0, 0.05) is 25.8 Å². The Hall–Kier alpha value is -1.71. The molecule has 0 bridgehead atoms. The minimum Gasteiger partial charge on any atom is -0.502 e. The van der Waals surface area contributed by atoms with E-state index in [2.05, 4.69) is 0 Å². The lowest BCUT2D eigenvalue weighted by atomic mass is 10.3. The van der Waals surface area contributed by atoms with Crippen LogP contribution in [0.3, 0.4) is 0 Å². The van der Waals surface area contributed by atoms with Crippen LogP contribution in [-0.4, -0.2) is 49.1 Å². The number of nitro benzene ring substituents is 1. The van der Waals surface area contributed by atoms with E-state index in [9.17, 15) is 23.6 Å². The molecule has 0 heterocycles. The first kappa shape index (κ1) is 15.7. The number of ether oxygens (including phenoxy) is 1. The van der Waals surface area contributed by atoms with E-state index in [1.807, 2.05) is 0 Å². The summed E-state index contributed by atoms with van der Waals surface area (Å²) in [5.41, 5.74) is -0.626. The predicted molar refractivity (Wildman–Crippen MR) is 73.6 cm³/mol. The standard InChI is InChI=1S/C12H16N2O6S/c1-20-7-6-13(9-2-3-9)21(18,19)10-4-5-12(15)11(8-10)14(16)17/h4-5,8-9,15H,2-3,6-7H2,1H3. The Balaban J connectivity index is 2.37. The van der Waals surface area contributed by atoms with Gasteiger partial charge in [0.25, 0.3) is 0 Å². The molecule has 8 nitrogen and oxygen atoms in total. The quantitative estimate of drug-likeness (QED) is 0.596. The SMILES string of the molecule is COCCN(C1CC1)S(=O)(=O)c1ccc(O)c([N+](=O)[O-])c1. The molecule has 0 spiro atoms. The summed E-state index contributed by atoms with van der Waals surface area (Å²) in [6.45, 7) is 0.439. The molecule has 0 aliphatic heterocycles. The fourth-order valence-electron chi connectivity index (χ4n) is 1.99. The van der Waals surface area contributed by atoms with Gasteiger partial charge in [-0.2, -0.15) is 4.31 Å². The fraction of sp³-hybridized carbons (Fsp3) is 0.500. The molecule has 0 amide bonds. The van der Waals surface area contributed by atoms with Crippen molar-refractivity contribution in [2.24, 2.45) is 0 Å². The third-order valence-electron chi connectivity index (χ3n) is 3.22. The molecular weight excluding hydrogens is 300 g/mol. The number of benzene rings is 1. The van der Waals surface area contributed by atoms with Crippen molar-refractivity contribution in [3.63, 3.8) is 0 Å². The van der Waals surface area contributed by atoms with Gasteiger partial charge in [-0.1, -0.05) is 0 Å². The second-order valence-electron chi connectivity index (χ2n) is 4.75. The molecule has 0 saturated heterocycles. The lowest BCUT2D eigenvalue weighted by molar-refractivity contribution is -0.386. The number of hydrogen-bond donors (Lipinski definition) is 1. The Labute approximate surface area is 122 Å². The Morgan fingerprint density at radius 3 is 2.67 bits per heavy atom. The van der Waals surface area contributed by atoms with Crippen molar-refractivity contribution in [1.29, 1.82) is 0 Å². The summed E-state index contributed by atoms with van der Waals surface area (Å²) >= 11 is 0. The summed E-state index contributed by atoms with van der Waals surface area (Å²) in [5.74, 6) is -0.561. The number of nitrogens with zero attached hydrogens (tertiary/aromatic N) is 2. The molecule has 116 valence electrons. The summed E-state index contributed by atoms with van der Waals surface area (Å²) in [6.07, 6.45) is 1.53. The molecule has 1 fully saturated rings. The average molecular weight is 316 g/mol. The molecule has 9 heteroatoms. The molecule has 0 atom stereocenters. The highest BCUT2D eigenvalue weighted by molar-refractivity contribution is 7.89. The zero-order valence-electron chi connectivity index (χ0n) is 11.4. The molecular formula is C12H16N2O6S. The third kappa shape index (κ3) is 3.31. The van der Waals surface area contributed by atoms with Crippen molar-refractivity contribution in [2.45, 2.75) is 23.8 Å². The molecule has 1 aliphatic carbocycles. The molecule has 0 aromatic heterocycles. The predicted octanol–water partition coefficient (Wildman–Crippen LogP) is 1.10. The van der Waals surface area contributed by atoms with Crippen molar-refractivity contribution in [1.82, 2.24) is 4.31 Å². The number of phenolic OH excluding ortho intramolecular Hbond substituents is 1. The number of nitro groups is 1. The van der Waals surface area contributed by atoms with Crippen molar-refractivity contribution in [2.75, 3.05) is 20.3 Å². The minimum absolute atomic E-state index is 0.0852. The molecule has 0 unspecified atom stereocenters. The number of methoxy groups -OCH3 is 1. The highest BCUT2D eigenvalue weighted by Gasteiger charge is 2.38. The maximum atomic E-state index is 12.6. The van der Waals surface area contributed by atoms with E-state index in [0.29, 0.717) is 0 Å². The van der Waals surface area contributed by atoms with Crippen LogP contribution in [0.25, 0.3) is 0 Å². The molecule has 1 saturated carbocycles. The number of hydrogen-bond acceptors (Lipinski definition) is 6. The second kappa shape index (κ2) is 5.96. The third-order valence-corrected chi connectivity index (χ3v) is 5.17. The molecule has 1 aliphatic rings. The van der Waals surface area contributed by atoms with E-state index in [4.69, 9.17) is 4.74 Å². The van der Waals surface area contributed by atoms with E-state index in [1.165, 1.54) is 17.5 Å². The fourth-order valence-corrected chi connectivity index (χ4v) is 3.68. The van der Waals surface area contributed by atoms with Gasteiger partial charge in [0.2, 0.25) is 10.0 Å². The first-order valence-electron chi connectivity index (χ1n) is 6.36. The van der Waals surface area contributed by atoms with Gasteiger partial charge in [-0.3, -0.25) is 10.1 Å². The van der Waals surface area contributed by atoms with E-state index in [0.717, 1.165) is 25.0 Å². The van der Waals surface area contributed by atoms with Crippen LogP contribution in [0.5, 0.6) is 5.75 Å². The smallest absolute Gasteiger partial charge is 0.312 e. The van der Waals surface area contributed by atoms with Gasteiger partial charge in [0.05, 0.1) is 16.4 Å². The van der Waals surface area contributed by atoms with E-state index in [-0.39, 0.29) is 24.1 Å². The van der Waals surface area contributed by atoms with Crippen molar-refractivity contribution >= 4 is 15.7 Å². The summed E-state index contributed by atoms with van der Waals surface area (Å²) in [4.78, 5) is 9.79. The maximum Gasteiger partial charge on any atom is 0.312 e. The Kier molecular flexibility index (Phi) is 4.45. The van der Waals surface area contributed by atoms with Crippen LogP contribution in [0.4, 0.5) is 5.69 Å². The van der Waals surface area contributed by atoms with Crippen LogP contribution in [0.15, 0.2) is 23.1 Å². The zero-order chi connectivity index (χ0) is 15.6. The number of phenols is 1. The largest absolute Gasteiger partial charge is 0.502 e. The number of aromatic hydroxyl groups is 1. The van der Waals surface area contributed by atoms with Gasteiger partial charge in [-0.15, -0.1) is 0 Å². The van der Waals surface area contributed by atoms with Gasteiger partial charge < -0.3 is 9.84 Å². The van der Waals surface area contributed by atoms with Crippen LogP contribution >= 0.6 is 0 Å². The molecule has 21 heavy (non-hydrogen) atoms. The van der Waals surface area contributed by atoms with Gasteiger partial charge in [-0.25, -0.2) is 8.42 Å². The first-order valence-corrected chi connectivity index (χ1v) is 7.80.